The van der Waals surface area contributed by atoms with E-state index >= 15 is 0 Å². The van der Waals surface area contributed by atoms with E-state index in [9.17, 15) is 9.18 Å². The number of anilines is 2. The van der Waals surface area contributed by atoms with Crippen molar-refractivity contribution in [2.24, 2.45) is 10.9 Å². The molecule has 10 heteroatoms. The number of nitrogens with zero attached hydrogens (tertiary/aromatic N) is 4. The summed E-state index contributed by atoms with van der Waals surface area (Å²) in [6, 6.07) is 5.14. The van der Waals surface area contributed by atoms with Gasteiger partial charge in [0.1, 0.15) is 5.60 Å². The summed E-state index contributed by atoms with van der Waals surface area (Å²) in [6.07, 6.45) is 7.78. The van der Waals surface area contributed by atoms with Crippen LogP contribution in [0, 0.1) is 18.7 Å². The lowest BCUT2D eigenvalue weighted by molar-refractivity contribution is -0.188. The second kappa shape index (κ2) is 9.00. The number of hydrogen-bond acceptors (Lipinski definition) is 7. The van der Waals surface area contributed by atoms with E-state index in [-0.39, 0.29) is 23.1 Å². The minimum Gasteiger partial charge on any atom is -0.375 e. The molecule has 3 aromatic rings. The van der Waals surface area contributed by atoms with Crippen molar-refractivity contribution < 1.29 is 18.7 Å². The van der Waals surface area contributed by atoms with Gasteiger partial charge in [0.25, 0.3) is 5.91 Å². The van der Waals surface area contributed by atoms with Crippen LogP contribution in [0.5, 0.6) is 0 Å². The first kappa shape index (κ1) is 23.5. The van der Waals surface area contributed by atoms with Crippen molar-refractivity contribution in [1.82, 2.24) is 14.7 Å². The molecule has 0 radical (unpaired) electrons. The molecule has 2 N–H and O–H groups in total. The van der Waals surface area contributed by atoms with E-state index in [1.54, 1.807) is 23.7 Å². The molecular formula is C28H29FN6O3. The van der Waals surface area contributed by atoms with Crippen molar-refractivity contribution in [3.05, 3.63) is 69.9 Å². The monoisotopic (exact) mass is 516 g/mol. The highest BCUT2D eigenvalue weighted by Crippen LogP contribution is 2.34. The molecule has 1 atom stereocenters. The summed E-state index contributed by atoms with van der Waals surface area (Å²) >= 11 is 0. The first-order valence-corrected chi connectivity index (χ1v) is 13.0. The second-order valence-electron chi connectivity index (χ2n) is 10.5. The Labute approximate surface area is 218 Å². The predicted molar refractivity (Wildman–Crippen MR) is 141 cm³/mol. The molecule has 0 saturated carbocycles. The Kier molecular flexibility index (Phi) is 5.57. The number of halogens is 1. The highest BCUT2D eigenvalue weighted by molar-refractivity contribution is 6.04. The minimum atomic E-state index is -0.494. The number of carbonyl (C=O) groups excluding carboxylic acids is 1. The zero-order chi connectivity index (χ0) is 25.9. The van der Waals surface area contributed by atoms with Crippen LogP contribution in [0.2, 0.25) is 0 Å². The fourth-order valence-corrected chi connectivity index (χ4v) is 5.75. The van der Waals surface area contributed by atoms with Crippen LogP contribution in [0.15, 0.2) is 47.2 Å². The van der Waals surface area contributed by atoms with Crippen LogP contribution in [0.4, 0.5) is 15.8 Å². The van der Waals surface area contributed by atoms with E-state index in [0.29, 0.717) is 48.7 Å². The van der Waals surface area contributed by atoms with Crippen molar-refractivity contribution >= 4 is 29.0 Å². The summed E-state index contributed by atoms with van der Waals surface area (Å²) < 4.78 is 27.9. The van der Waals surface area contributed by atoms with Crippen molar-refractivity contribution in [3.8, 4) is 0 Å². The average molecular weight is 517 g/mol. The van der Waals surface area contributed by atoms with E-state index in [1.165, 1.54) is 11.6 Å². The number of ether oxygens (including phenoxy) is 2. The van der Waals surface area contributed by atoms with Crippen LogP contribution in [0.25, 0.3) is 11.7 Å². The summed E-state index contributed by atoms with van der Waals surface area (Å²) in [5.74, 6) is -0.751. The van der Waals surface area contributed by atoms with Gasteiger partial charge in [-0.05, 0) is 30.7 Å². The molecule has 0 aliphatic carbocycles. The first-order chi connectivity index (χ1) is 18.5. The van der Waals surface area contributed by atoms with Crippen molar-refractivity contribution in [3.63, 3.8) is 0 Å². The maximum Gasteiger partial charge on any atom is 0.257 e. The molecule has 2 aromatic heterocycles. The molecule has 38 heavy (non-hydrogen) atoms. The number of nitrogens with one attached hydrogen (secondary N) is 2. The number of pyridine rings is 1. The number of aryl methyl sites for hydroxylation is 1. The van der Waals surface area contributed by atoms with E-state index in [2.05, 4.69) is 32.7 Å². The first-order valence-electron chi connectivity index (χ1n) is 13.0. The number of benzene rings is 1. The molecule has 9 nitrogen and oxygen atoms in total. The summed E-state index contributed by atoms with van der Waals surface area (Å²) in [6.45, 7) is 7.52. The average Bonchev–Trinajstić information content (AvgIpc) is 3.17. The molecule has 1 aromatic carbocycles. The molecule has 196 valence electrons. The summed E-state index contributed by atoms with van der Waals surface area (Å²) in [5.41, 5.74) is 3.65. The van der Waals surface area contributed by atoms with Gasteiger partial charge in [-0.15, -0.1) is 0 Å². The van der Waals surface area contributed by atoms with Crippen LogP contribution >= 0.6 is 0 Å². The SMILES string of the molecule is Cc1cn2cc(NC(=O)c3ccc(N4CCNCC4)c4c3=NCC3=CC5(COC5)OCC3C=4)cc(F)c2n1. The molecule has 4 aliphatic heterocycles. The number of imidazole rings is 1. The minimum absolute atomic E-state index is 0.0761. The fraction of sp³-hybridized carbons (Fsp3) is 0.393. The third-order valence-electron chi connectivity index (χ3n) is 7.74. The van der Waals surface area contributed by atoms with Gasteiger partial charge in [-0.25, -0.2) is 9.37 Å². The quantitative estimate of drug-likeness (QED) is 0.509. The Morgan fingerprint density at radius 3 is 2.87 bits per heavy atom. The fourth-order valence-electron chi connectivity index (χ4n) is 5.75. The number of aromatic nitrogens is 2. The summed E-state index contributed by atoms with van der Waals surface area (Å²) in [4.78, 5) is 25.1. The molecule has 6 heterocycles. The topological polar surface area (TPSA) is 92.5 Å². The molecular weight excluding hydrogens is 487 g/mol. The van der Waals surface area contributed by atoms with Gasteiger partial charge >= 0.3 is 0 Å². The van der Waals surface area contributed by atoms with Crippen molar-refractivity contribution in [2.75, 3.05) is 62.8 Å². The number of carbonyl (C=O) groups is 1. The smallest absolute Gasteiger partial charge is 0.257 e. The van der Waals surface area contributed by atoms with Crippen LogP contribution in [-0.2, 0) is 9.47 Å². The van der Waals surface area contributed by atoms with Crippen LogP contribution in [0.1, 0.15) is 16.1 Å². The van der Waals surface area contributed by atoms with E-state index in [4.69, 9.17) is 14.5 Å². The highest BCUT2D eigenvalue weighted by Gasteiger charge is 2.42. The maximum absolute atomic E-state index is 14.7. The normalized spacial score (nSPS) is 21.9. The lowest BCUT2D eigenvalue weighted by Crippen LogP contribution is -2.53. The zero-order valence-corrected chi connectivity index (χ0v) is 21.2. The zero-order valence-electron chi connectivity index (χ0n) is 21.2. The largest absolute Gasteiger partial charge is 0.375 e. The Morgan fingerprint density at radius 2 is 2.08 bits per heavy atom. The van der Waals surface area contributed by atoms with Gasteiger partial charge in [0.15, 0.2) is 11.5 Å². The summed E-state index contributed by atoms with van der Waals surface area (Å²) in [7, 11) is 0. The Morgan fingerprint density at radius 1 is 1.24 bits per heavy atom. The maximum atomic E-state index is 14.7. The van der Waals surface area contributed by atoms with Gasteiger partial charge in [0, 0.05) is 61.5 Å². The lowest BCUT2D eigenvalue weighted by atomic mass is 9.88. The van der Waals surface area contributed by atoms with E-state index < -0.39 is 5.82 Å². The lowest BCUT2D eigenvalue weighted by Gasteiger charge is -2.43. The van der Waals surface area contributed by atoms with Crippen molar-refractivity contribution in [1.29, 1.82) is 0 Å². The van der Waals surface area contributed by atoms with E-state index in [0.717, 1.165) is 37.1 Å². The van der Waals surface area contributed by atoms with Gasteiger partial charge < -0.3 is 29.4 Å². The van der Waals surface area contributed by atoms with Crippen molar-refractivity contribution in [2.45, 2.75) is 12.5 Å². The Balaban J connectivity index is 1.31. The molecule has 4 aliphatic rings. The third kappa shape index (κ3) is 4.00. The van der Waals surface area contributed by atoms with Gasteiger partial charge in [0.2, 0.25) is 0 Å². The van der Waals surface area contributed by atoms with Gasteiger partial charge in [-0.2, -0.15) is 0 Å². The molecule has 2 fully saturated rings. The van der Waals surface area contributed by atoms with Crippen LogP contribution < -0.4 is 26.1 Å². The standard InChI is InChI=1S/C28H29FN6O3/c1-17-12-35-13-20(9-23(29)26(35)32-17)33-27(36)21-2-3-24(34-6-4-30-5-7-34)22-8-18-14-38-28(15-37-16-28)10-19(18)11-31-25(21)22/h2-3,8-10,12-13,18,30H,4-7,11,14-16H2,1H3,(H,33,36). The van der Waals surface area contributed by atoms with Gasteiger partial charge in [0.05, 0.1) is 48.7 Å². The van der Waals surface area contributed by atoms with Gasteiger partial charge in [-0.3, -0.25) is 9.79 Å². The van der Waals surface area contributed by atoms with Gasteiger partial charge in [-0.1, -0.05) is 6.08 Å². The molecule has 1 spiro atoms. The Hall–Kier alpha value is -3.60. The highest BCUT2D eigenvalue weighted by atomic mass is 19.1. The number of piperazine rings is 1. The number of fused-ring (bicyclic) bond motifs is 3. The molecule has 2 saturated heterocycles. The number of amides is 1. The van der Waals surface area contributed by atoms with Crippen LogP contribution in [-0.4, -0.2) is 73.4 Å². The third-order valence-corrected chi connectivity index (χ3v) is 7.74. The number of hydrogen-bond donors (Lipinski definition) is 2. The summed E-state index contributed by atoms with van der Waals surface area (Å²) in [5, 5.41) is 7.89. The second-order valence-corrected chi connectivity index (χ2v) is 10.5. The van der Waals surface area contributed by atoms with E-state index in [1.807, 2.05) is 12.1 Å². The molecule has 7 rings (SSSR count). The van der Waals surface area contributed by atoms with Crippen LogP contribution in [0.3, 0.4) is 0 Å². The molecule has 1 amide bonds. The predicted octanol–water partition coefficient (Wildman–Crippen LogP) is 1.20. The number of rotatable bonds is 3. The molecule has 0 bridgehead atoms. The molecule has 1 unspecified atom stereocenters. The Bertz CT molecular complexity index is 1600.